The Morgan fingerprint density at radius 1 is 0.871 bits per heavy atom. The molecule has 0 amide bonds. The lowest BCUT2D eigenvalue weighted by Crippen LogP contribution is -2.07. The number of hydrogen-bond donors (Lipinski definition) is 1. The minimum Gasteiger partial charge on any atom is -0.488 e. The van der Waals surface area contributed by atoms with E-state index < -0.39 is 0 Å². The quantitative estimate of drug-likeness (QED) is 0.418. The molecule has 1 N–H and O–H groups in total. The van der Waals surface area contributed by atoms with Gasteiger partial charge in [-0.1, -0.05) is 33.8 Å². The monoisotopic (exact) mass is 409 g/mol. The number of ether oxygens (including phenoxy) is 1. The molecule has 6 rings (SSSR count). The Morgan fingerprint density at radius 2 is 1.65 bits per heavy atom. The van der Waals surface area contributed by atoms with Crippen LogP contribution in [0, 0.1) is 5.92 Å². The molecule has 156 valence electrons. The summed E-state index contributed by atoms with van der Waals surface area (Å²) in [4.78, 5) is 12.7. The molecule has 0 atom stereocenters. The number of aromatic amines is 1. The number of nitrogens with one attached hydrogen (secondary N) is 1. The Kier molecular flexibility index (Phi) is 4.01. The lowest BCUT2D eigenvalue weighted by Gasteiger charge is -2.22. The van der Waals surface area contributed by atoms with Crippen molar-refractivity contribution < 1.29 is 4.74 Å². The number of imidazole rings is 1. The number of hydrogen-bond acceptors (Lipinski definition) is 3. The first kappa shape index (κ1) is 18.6. The summed E-state index contributed by atoms with van der Waals surface area (Å²) in [7, 11) is 0. The first-order chi connectivity index (χ1) is 15.0. The third-order valence-corrected chi connectivity index (χ3v) is 6.75. The molecule has 31 heavy (non-hydrogen) atoms. The van der Waals surface area contributed by atoms with Crippen LogP contribution in [0.4, 0.5) is 0 Å². The molecule has 0 radical (unpaired) electrons. The fourth-order valence-corrected chi connectivity index (χ4v) is 5.01. The smallest absolute Gasteiger partial charge is 0.128 e. The van der Waals surface area contributed by atoms with Crippen molar-refractivity contribution in [3.8, 4) is 28.1 Å². The van der Waals surface area contributed by atoms with Gasteiger partial charge in [-0.25, -0.2) is 4.98 Å². The lowest BCUT2D eigenvalue weighted by molar-refractivity contribution is 0.302. The molecule has 1 aromatic heterocycles. The second-order valence-electron chi connectivity index (χ2n) is 9.59. The van der Waals surface area contributed by atoms with Gasteiger partial charge in [0.1, 0.15) is 18.2 Å². The second-order valence-corrected chi connectivity index (χ2v) is 9.59. The Balaban J connectivity index is 1.39. The molecular formula is C27H27N3O. The van der Waals surface area contributed by atoms with Crippen molar-refractivity contribution in [2.24, 2.45) is 10.9 Å². The number of H-pyrrole nitrogens is 1. The van der Waals surface area contributed by atoms with Gasteiger partial charge < -0.3 is 9.72 Å². The maximum Gasteiger partial charge on any atom is 0.128 e. The molecule has 3 aliphatic rings. The van der Waals surface area contributed by atoms with Crippen LogP contribution < -0.4 is 4.74 Å². The average molecular weight is 410 g/mol. The Hall–Kier alpha value is -3.14. The molecule has 4 heteroatoms. The van der Waals surface area contributed by atoms with Gasteiger partial charge in [0.15, 0.2) is 0 Å². The zero-order valence-electron chi connectivity index (χ0n) is 18.5. The van der Waals surface area contributed by atoms with Gasteiger partial charge in [0.25, 0.3) is 0 Å². The summed E-state index contributed by atoms with van der Waals surface area (Å²) >= 11 is 0. The summed E-state index contributed by atoms with van der Waals surface area (Å²) in [6.45, 7) is 9.37. The normalized spacial score (nSPS) is 15.9. The highest BCUT2D eigenvalue weighted by atomic mass is 16.5. The van der Waals surface area contributed by atoms with Crippen molar-refractivity contribution >= 4 is 11.3 Å². The van der Waals surface area contributed by atoms with Gasteiger partial charge in [-0.3, -0.25) is 4.99 Å². The van der Waals surface area contributed by atoms with Crippen LogP contribution in [0.25, 0.3) is 28.0 Å². The first-order valence-corrected chi connectivity index (χ1v) is 11.2. The molecule has 1 aliphatic carbocycles. The van der Waals surface area contributed by atoms with E-state index in [4.69, 9.17) is 4.74 Å². The van der Waals surface area contributed by atoms with Gasteiger partial charge in [0.2, 0.25) is 0 Å². The van der Waals surface area contributed by atoms with Crippen LogP contribution in [0.2, 0.25) is 0 Å². The van der Waals surface area contributed by atoms with Gasteiger partial charge in [-0.05, 0) is 63.9 Å². The SMILES string of the molecule is CC(C)C1=NC=C(c2cc3c4c(c2)Cc2cc(-c5cnc(C(C)C)[nH]5)cc(c2-4)OC3)C1. The van der Waals surface area contributed by atoms with E-state index in [9.17, 15) is 0 Å². The van der Waals surface area contributed by atoms with E-state index in [1.165, 1.54) is 44.7 Å². The molecule has 0 fully saturated rings. The van der Waals surface area contributed by atoms with E-state index in [0.717, 1.165) is 35.7 Å². The van der Waals surface area contributed by atoms with E-state index in [1.54, 1.807) is 0 Å². The van der Waals surface area contributed by atoms with Crippen LogP contribution >= 0.6 is 0 Å². The molecule has 3 aromatic rings. The highest BCUT2D eigenvalue weighted by Crippen LogP contribution is 2.50. The van der Waals surface area contributed by atoms with Gasteiger partial charge >= 0.3 is 0 Å². The summed E-state index contributed by atoms with van der Waals surface area (Å²) in [6.07, 6.45) is 5.91. The highest BCUT2D eigenvalue weighted by molar-refractivity contribution is 6.00. The fourth-order valence-electron chi connectivity index (χ4n) is 5.01. The van der Waals surface area contributed by atoms with E-state index in [0.29, 0.717) is 18.4 Å². The van der Waals surface area contributed by atoms with Gasteiger partial charge in [0, 0.05) is 35.4 Å². The third kappa shape index (κ3) is 2.88. The highest BCUT2D eigenvalue weighted by Gasteiger charge is 2.31. The molecule has 0 saturated heterocycles. The van der Waals surface area contributed by atoms with Crippen LogP contribution in [0.15, 0.2) is 41.7 Å². The number of rotatable bonds is 4. The number of allylic oxidation sites excluding steroid dienone is 1. The summed E-state index contributed by atoms with van der Waals surface area (Å²) in [5.41, 5.74) is 12.8. The molecule has 0 bridgehead atoms. The van der Waals surface area contributed by atoms with Crippen molar-refractivity contribution in [2.45, 2.75) is 53.1 Å². The summed E-state index contributed by atoms with van der Waals surface area (Å²) in [5, 5.41) is 0. The average Bonchev–Trinajstić information content (AvgIpc) is 3.49. The van der Waals surface area contributed by atoms with Crippen LogP contribution in [-0.4, -0.2) is 15.7 Å². The molecule has 2 aliphatic heterocycles. The fraction of sp³-hybridized carbons (Fsp3) is 0.333. The molecule has 0 spiro atoms. The van der Waals surface area contributed by atoms with Crippen LogP contribution in [0.3, 0.4) is 0 Å². The van der Waals surface area contributed by atoms with E-state index >= 15 is 0 Å². The first-order valence-electron chi connectivity index (χ1n) is 11.2. The van der Waals surface area contributed by atoms with E-state index in [-0.39, 0.29) is 0 Å². The molecule has 4 nitrogen and oxygen atoms in total. The molecule has 0 saturated carbocycles. The maximum absolute atomic E-state index is 6.28. The van der Waals surface area contributed by atoms with E-state index in [2.05, 4.69) is 73.1 Å². The van der Waals surface area contributed by atoms with Crippen molar-refractivity contribution in [2.75, 3.05) is 0 Å². The largest absolute Gasteiger partial charge is 0.488 e. The minimum absolute atomic E-state index is 0.382. The topological polar surface area (TPSA) is 50.3 Å². The van der Waals surface area contributed by atoms with Crippen LogP contribution in [0.5, 0.6) is 5.75 Å². The lowest BCUT2D eigenvalue weighted by atomic mass is 9.90. The molecule has 2 aromatic carbocycles. The Morgan fingerprint density at radius 3 is 2.39 bits per heavy atom. The van der Waals surface area contributed by atoms with Crippen LogP contribution in [-0.2, 0) is 13.0 Å². The second kappa shape index (κ2) is 6.68. The summed E-state index contributed by atoms with van der Waals surface area (Å²) in [6, 6.07) is 9.18. The number of benzene rings is 2. The van der Waals surface area contributed by atoms with Gasteiger partial charge in [0.05, 0.1) is 11.9 Å². The van der Waals surface area contributed by atoms with Gasteiger partial charge in [-0.15, -0.1) is 0 Å². The predicted molar refractivity (Wildman–Crippen MR) is 126 cm³/mol. The standard InChI is InChI=1S/C27H27N3O/c1-14(2)22-9-20(11-28-22)16-5-18-8-19-7-17(23-12-29-27(30-23)15(3)4)10-24-26(19)25(18)21(6-16)13-31-24/h5-7,10-12,14-15H,8-9,13H2,1-4H3,(H,29,30). The predicted octanol–water partition coefficient (Wildman–Crippen LogP) is 6.51. The summed E-state index contributed by atoms with van der Waals surface area (Å²) < 4.78 is 6.28. The van der Waals surface area contributed by atoms with Crippen molar-refractivity contribution in [1.82, 2.24) is 9.97 Å². The van der Waals surface area contributed by atoms with E-state index in [1.807, 2.05) is 6.20 Å². The molecular weight excluding hydrogens is 382 g/mol. The van der Waals surface area contributed by atoms with Gasteiger partial charge in [-0.2, -0.15) is 0 Å². The third-order valence-electron chi connectivity index (χ3n) is 6.75. The number of aromatic nitrogens is 2. The molecule has 0 unspecified atom stereocenters. The zero-order chi connectivity index (χ0) is 21.3. The van der Waals surface area contributed by atoms with Crippen molar-refractivity contribution in [3.05, 3.63) is 64.7 Å². The minimum atomic E-state index is 0.382. The van der Waals surface area contributed by atoms with Crippen molar-refractivity contribution in [3.63, 3.8) is 0 Å². The number of aliphatic imine (C=N–C) groups is 1. The van der Waals surface area contributed by atoms with Crippen LogP contribution in [0.1, 0.15) is 68.1 Å². The maximum atomic E-state index is 6.28. The Labute approximate surface area is 183 Å². The Bertz CT molecular complexity index is 1290. The van der Waals surface area contributed by atoms with Crippen molar-refractivity contribution in [1.29, 1.82) is 0 Å². The molecule has 3 heterocycles. The number of nitrogens with zero attached hydrogens (tertiary/aromatic N) is 2. The zero-order valence-corrected chi connectivity index (χ0v) is 18.5. The summed E-state index contributed by atoms with van der Waals surface area (Å²) in [5.74, 6) is 2.90.